The van der Waals surface area contributed by atoms with E-state index in [2.05, 4.69) is 36.3 Å². The van der Waals surface area contributed by atoms with E-state index in [9.17, 15) is 5.11 Å². The van der Waals surface area contributed by atoms with Crippen LogP contribution in [0, 0.1) is 5.92 Å². The summed E-state index contributed by atoms with van der Waals surface area (Å²) in [5.41, 5.74) is 0.833. The van der Waals surface area contributed by atoms with Gasteiger partial charge in [-0.15, -0.1) is 0 Å². The van der Waals surface area contributed by atoms with Gasteiger partial charge in [0.2, 0.25) is 0 Å². The summed E-state index contributed by atoms with van der Waals surface area (Å²) in [7, 11) is 2.17. The van der Waals surface area contributed by atoms with Crippen LogP contribution < -0.4 is 5.32 Å². The van der Waals surface area contributed by atoms with Crippen LogP contribution in [0.25, 0.3) is 0 Å². The highest BCUT2D eigenvalue weighted by Gasteiger charge is 2.33. The standard InChI is InChI=1S/C17H28N2O/c1-3-11-18-17(14-20,16-7-5-4-6-8-16)13-19(2)12-15-9-10-15/h4-8,15,18,20H,3,9-14H2,1-2H3. The topological polar surface area (TPSA) is 35.5 Å². The zero-order chi connectivity index (χ0) is 14.4. The van der Waals surface area contributed by atoms with Crippen molar-refractivity contribution in [2.75, 3.05) is 33.3 Å². The van der Waals surface area contributed by atoms with Crippen molar-refractivity contribution < 1.29 is 5.11 Å². The Kier molecular flexibility index (Phi) is 5.58. The molecule has 1 aliphatic rings. The maximum Gasteiger partial charge on any atom is 0.0797 e. The van der Waals surface area contributed by atoms with Gasteiger partial charge in [-0.1, -0.05) is 37.3 Å². The third kappa shape index (κ3) is 4.05. The number of aliphatic hydroxyl groups is 1. The second-order valence-corrected chi connectivity index (χ2v) is 6.17. The fourth-order valence-corrected chi connectivity index (χ4v) is 2.83. The van der Waals surface area contributed by atoms with E-state index in [1.165, 1.54) is 18.4 Å². The Morgan fingerprint density at radius 1 is 1.30 bits per heavy atom. The zero-order valence-corrected chi connectivity index (χ0v) is 12.8. The van der Waals surface area contributed by atoms with Gasteiger partial charge in [0.25, 0.3) is 0 Å². The molecule has 0 aliphatic heterocycles. The molecule has 1 saturated carbocycles. The first-order valence-electron chi connectivity index (χ1n) is 7.80. The first-order valence-corrected chi connectivity index (χ1v) is 7.80. The van der Waals surface area contributed by atoms with Crippen molar-refractivity contribution in [2.45, 2.75) is 31.7 Å². The molecule has 1 atom stereocenters. The zero-order valence-electron chi connectivity index (χ0n) is 12.8. The van der Waals surface area contributed by atoms with Crippen LogP contribution in [0.4, 0.5) is 0 Å². The normalized spacial score (nSPS) is 18.2. The van der Waals surface area contributed by atoms with E-state index in [-0.39, 0.29) is 12.1 Å². The van der Waals surface area contributed by atoms with Gasteiger partial charge < -0.3 is 15.3 Å². The van der Waals surface area contributed by atoms with Gasteiger partial charge in [-0.25, -0.2) is 0 Å². The van der Waals surface area contributed by atoms with Gasteiger partial charge in [0.1, 0.15) is 0 Å². The van der Waals surface area contributed by atoms with Crippen molar-refractivity contribution in [3.63, 3.8) is 0 Å². The Bertz CT molecular complexity index is 391. The van der Waals surface area contributed by atoms with Crippen LogP contribution in [0.15, 0.2) is 30.3 Å². The highest BCUT2D eigenvalue weighted by molar-refractivity contribution is 5.25. The van der Waals surface area contributed by atoms with Crippen molar-refractivity contribution in [1.29, 1.82) is 0 Å². The van der Waals surface area contributed by atoms with Crippen molar-refractivity contribution in [3.8, 4) is 0 Å². The maximum absolute atomic E-state index is 10.1. The number of nitrogens with one attached hydrogen (secondary N) is 1. The monoisotopic (exact) mass is 276 g/mol. The number of hydrogen-bond acceptors (Lipinski definition) is 3. The number of likely N-dealkylation sites (N-methyl/N-ethyl adjacent to an activating group) is 1. The van der Waals surface area contributed by atoms with Crippen molar-refractivity contribution in [2.24, 2.45) is 5.92 Å². The molecule has 1 aliphatic carbocycles. The van der Waals surface area contributed by atoms with E-state index in [1.54, 1.807) is 0 Å². The van der Waals surface area contributed by atoms with Crippen LogP contribution in [0.2, 0.25) is 0 Å². The molecular formula is C17H28N2O. The van der Waals surface area contributed by atoms with Crippen molar-refractivity contribution in [1.82, 2.24) is 10.2 Å². The molecule has 1 fully saturated rings. The molecule has 1 aromatic carbocycles. The van der Waals surface area contributed by atoms with Crippen LogP contribution in [-0.4, -0.2) is 43.3 Å². The molecule has 3 nitrogen and oxygen atoms in total. The summed E-state index contributed by atoms with van der Waals surface area (Å²) in [4.78, 5) is 2.36. The first-order chi connectivity index (χ1) is 9.70. The Hall–Kier alpha value is -0.900. The molecule has 0 aromatic heterocycles. The van der Waals surface area contributed by atoms with Gasteiger partial charge in [-0.3, -0.25) is 0 Å². The Morgan fingerprint density at radius 2 is 2.00 bits per heavy atom. The molecule has 0 heterocycles. The average Bonchev–Trinajstić information content (AvgIpc) is 3.28. The van der Waals surface area contributed by atoms with Crippen LogP contribution in [-0.2, 0) is 5.54 Å². The van der Waals surface area contributed by atoms with Crippen LogP contribution in [0.5, 0.6) is 0 Å². The Morgan fingerprint density at radius 3 is 2.55 bits per heavy atom. The molecule has 1 unspecified atom stereocenters. The van der Waals surface area contributed by atoms with Crippen LogP contribution >= 0.6 is 0 Å². The van der Waals surface area contributed by atoms with Gasteiger partial charge in [0.05, 0.1) is 12.1 Å². The predicted molar refractivity (Wildman–Crippen MR) is 83.7 cm³/mol. The number of rotatable bonds is 9. The maximum atomic E-state index is 10.1. The lowest BCUT2D eigenvalue weighted by molar-refractivity contribution is 0.116. The highest BCUT2D eigenvalue weighted by Crippen LogP contribution is 2.30. The van der Waals surface area contributed by atoms with Crippen LogP contribution in [0.1, 0.15) is 31.7 Å². The van der Waals surface area contributed by atoms with E-state index >= 15 is 0 Å². The summed E-state index contributed by atoms with van der Waals surface area (Å²) < 4.78 is 0. The highest BCUT2D eigenvalue weighted by atomic mass is 16.3. The molecule has 1 aromatic rings. The van der Waals surface area contributed by atoms with Crippen LogP contribution in [0.3, 0.4) is 0 Å². The molecule has 2 rings (SSSR count). The SMILES string of the molecule is CCCNC(CO)(CN(C)CC1CC1)c1ccccc1. The summed E-state index contributed by atoms with van der Waals surface area (Å²) >= 11 is 0. The minimum atomic E-state index is -0.346. The number of aliphatic hydroxyl groups excluding tert-OH is 1. The molecule has 20 heavy (non-hydrogen) atoms. The molecule has 0 saturated heterocycles. The summed E-state index contributed by atoms with van der Waals surface area (Å²) in [5.74, 6) is 0.873. The predicted octanol–water partition coefficient (Wildman–Crippen LogP) is 2.22. The quantitative estimate of drug-likeness (QED) is 0.726. The molecule has 3 heteroatoms. The van der Waals surface area contributed by atoms with E-state index in [1.807, 2.05) is 18.2 Å². The number of hydrogen-bond donors (Lipinski definition) is 2. The summed E-state index contributed by atoms with van der Waals surface area (Å²) in [6.07, 6.45) is 3.80. The number of benzene rings is 1. The molecule has 0 radical (unpaired) electrons. The van der Waals surface area contributed by atoms with Crippen molar-refractivity contribution in [3.05, 3.63) is 35.9 Å². The van der Waals surface area contributed by atoms with Gasteiger partial charge in [-0.2, -0.15) is 0 Å². The van der Waals surface area contributed by atoms with E-state index < -0.39 is 0 Å². The third-order valence-corrected chi connectivity index (χ3v) is 4.12. The van der Waals surface area contributed by atoms with Gasteiger partial charge in [0, 0.05) is 13.1 Å². The molecule has 0 bridgehead atoms. The lowest BCUT2D eigenvalue weighted by atomic mass is 9.89. The lowest BCUT2D eigenvalue weighted by Gasteiger charge is -2.37. The van der Waals surface area contributed by atoms with E-state index in [0.29, 0.717) is 0 Å². The summed E-state index contributed by atoms with van der Waals surface area (Å²) in [6, 6.07) is 10.4. The van der Waals surface area contributed by atoms with E-state index in [0.717, 1.165) is 32.0 Å². The Labute approximate surface area is 123 Å². The lowest BCUT2D eigenvalue weighted by Crippen LogP contribution is -2.53. The second kappa shape index (κ2) is 7.21. The fraction of sp³-hybridized carbons (Fsp3) is 0.647. The third-order valence-electron chi connectivity index (χ3n) is 4.12. The average molecular weight is 276 g/mol. The van der Waals surface area contributed by atoms with Gasteiger partial charge in [0.15, 0.2) is 0 Å². The minimum absolute atomic E-state index is 0.131. The summed E-state index contributed by atoms with van der Waals surface area (Å²) in [5, 5.41) is 13.6. The van der Waals surface area contributed by atoms with Gasteiger partial charge in [-0.05, 0) is 44.3 Å². The van der Waals surface area contributed by atoms with E-state index in [4.69, 9.17) is 0 Å². The molecule has 0 spiro atoms. The summed E-state index contributed by atoms with van der Waals surface area (Å²) in [6.45, 7) is 5.21. The molecule has 112 valence electrons. The minimum Gasteiger partial charge on any atom is -0.394 e. The molecule has 0 amide bonds. The smallest absolute Gasteiger partial charge is 0.0797 e. The molecule has 2 N–H and O–H groups in total. The first kappa shape index (κ1) is 15.5. The number of nitrogens with zero attached hydrogens (tertiary/aromatic N) is 1. The largest absolute Gasteiger partial charge is 0.394 e. The van der Waals surface area contributed by atoms with Crippen molar-refractivity contribution >= 4 is 0 Å². The fourth-order valence-electron chi connectivity index (χ4n) is 2.83. The Balaban J connectivity index is 2.12. The molecular weight excluding hydrogens is 248 g/mol. The van der Waals surface area contributed by atoms with Gasteiger partial charge >= 0.3 is 0 Å². The second-order valence-electron chi connectivity index (χ2n) is 6.17.